The SMILES string of the molecule is COc1cccc(C2(CNC(=O)[C@@H](N)CCSC)CCCC2)c1. The first-order valence-corrected chi connectivity index (χ1v) is 9.67. The number of thioether (sulfide) groups is 1. The van der Waals surface area contributed by atoms with Crippen LogP contribution < -0.4 is 15.8 Å². The molecule has 0 aromatic heterocycles. The molecule has 0 heterocycles. The molecule has 3 N–H and O–H groups in total. The molecule has 1 amide bonds. The summed E-state index contributed by atoms with van der Waals surface area (Å²) in [5.74, 6) is 1.75. The second-order valence-electron chi connectivity index (χ2n) is 6.33. The Morgan fingerprint density at radius 2 is 2.17 bits per heavy atom. The van der Waals surface area contributed by atoms with E-state index in [1.54, 1.807) is 18.9 Å². The van der Waals surface area contributed by atoms with Crippen LogP contribution in [0.2, 0.25) is 0 Å². The van der Waals surface area contributed by atoms with Gasteiger partial charge in [0.2, 0.25) is 5.91 Å². The highest BCUT2D eigenvalue weighted by molar-refractivity contribution is 7.98. The normalized spacial score (nSPS) is 17.7. The maximum atomic E-state index is 12.2. The zero-order valence-electron chi connectivity index (χ0n) is 14.1. The van der Waals surface area contributed by atoms with Crippen molar-refractivity contribution < 1.29 is 9.53 Å². The first-order chi connectivity index (χ1) is 11.1. The van der Waals surface area contributed by atoms with Gasteiger partial charge in [0.1, 0.15) is 5.75 Å². The minimum atomic E-state index is -0.411. The molecule has 1 fully saturated rings. The smallest absolute Gasteiger partial charge is 0.236 e. The summed E-state index contributed by atoms with van der Waals surface area (Å²) < 4.78 is 5.36. The van der Waals surface area contributed by atoms with Gasteiger partial charge >= 0.3 is 0 Å². The lowest BCUT2D eigenvalue weighted by Gasteiger charge is -2.31. The largest absolute Gasteiger partial charge is 0.497 e. The number of hydrogen-bond donors (Lipinski definition) is 2. The summed E-state index contributed by atoms with van der Waals surface area (Å²) in [6.45, 7) is 0.659. The van der Waals surface area contributed by atoms with E-state index in [4.69, 9.17) is 10.5 Å². The number of amides is 1. The lowest BCUT2D eigenvalue weighted by atomic mass is 9.78. The van der Waals surface area contributed by atoms with E-state index >= 15 is 0 Å². The van der Waals surface area contributed by atoms with Gasteiger partial charge in [0.05, 0.1) is 13.2 Å². The third kappa shape index (κ3) is 4.64. The predicted octanol–water partition coefficient (Wildman–Crippen LogP) is 2.70. The second kappa shape index (κ2) is 8.60. The van der Waals surface area contributed by atoms with Gasteiger partial charge in [-0.15, -0.1) is 0 Å². The number of ether oxygens (including phenoxy) is 1. The molecule has 5 heteroatoms. The number of carbonyl (C=O) groups excluding carboxylic acids is 1. The van der Waals surface area contributed by atoms with Crippen molar-refractivity contribution in [3.05, 3.63) is 29.8 Å². The number of nitrogens with two attached hydrogens (primary N) is 1. The van der Waals surface area contributed by atoms with E-state index < -0.39 is 6.04 Å². The molecule has 0 radical (unpaired) electrons. The molecule has 0 spiro atoms. The van der Waals surface area contributed by atoms with Gasteiger partial charge < -0.3 is 15.8 Å². The van der Waals surface area contributed by atoms with Crippen LogP contribution in [0.3, 0.4) is 0 Å². The average Bonchev–Trinajstić information content (AvgIpc) is 3.07. The van der Waals surface area contributed by atoms with Gasteiger partial charge in [-0.1, -0.05) is 25.0 Å². The summed E-state index contributed by atoms with van der Waals surface area (Å²) in [7, 11) is 1.69. The Kier molecular flexibility index (Phi) is 6.78. The summed E-state index contributed by atoms with van der Waals surface area (Å²) in [4.78, 5) is 12.2. The maximum absolute atomic E-state index is 12.2. The highest BCUT2D eigenvalue weighted by atomic mass is 32.2. The third-order valence-electron chi connectivity index (χ3n) is 4.81. The fourth-order valence-electron chi connectivity index (χ4n) is 3.34. The average molecular weight is 337 g/mol. The van der Waals surface area contributed by atoms with Gasteiger partial charge in [0.15, 0.2) is 0 Å². The van der Waals surface area contributed by atoms with Crippen molar-refractivity contribution in [1.29, 1.82) is 0 Å². The fraction of sp³-hybridized carbons (Fsp3) is 0.611. The van der Waals surface area contributed by atoms with Crippen molar-refractivity contribution >= 4 is 17.7 Å². The maximum Gasteiger partial charge on any atom is 0.236 e. The Labute approximate surface area is 143 Å². The number of hydrogen-bond acceptors (Lipinski definition) is 4. The number of benzene rings is 1. The standard InChI is InChI=1S/C18H28N2O2S/c1-22-15-7-5-6-14(12-15)18(9-3-4-10-18)13-20-17(21)16(19)8-11-23-2/h5-7,12,16H,3-4,8-11,13,19H2,1-2H3,(H,20,21)/t16-/m0/s1. The third-order valence-corrected chi connectivity index (χ3v) is 5.46. The van der Waals surface area contributed by atoms with Crippen LogP contribution in [-0.4, -0.2) is 37.6 Å². The molecule has 0 aliphatic heterocycles. The zero-order chi connectivity index (χ0) is 16.7. The van der Waals surface area contributed by atoms with Crippen LogP contribution in [0, 0.1) is 0 Å². The molecule has 0 unspecified atom stereocenters. The van der Waals surface area contributed by atoms with E-state index in [9.17, 15) is 4.79 Å². The predicted molar refractivity (Wildman–Crippen MR) is 97.1 cm³/mol. The summed E-state index contributed by atoms with van der Waals surface area (Å²) in [6.07, 6.45) is 7.35. The topological polar surface area (TPSA) is 64.3 Å². The van der Waals surface area contributed by atoms with Gasteiger partial charge in [0, 0.05) is 12.0 Å². The first kappa shape index (κ1) is 18.1. The Morgan fingerprint density at radius 3 is 2.83 bits per heavy atom. The molecular formula is C18H28N2O2S. The van der Waals surface area contributed by atoms with Crippen molar-refractivity contribution in [2.75, 3.05) is 25.7 Å². The minimum absolute atomic E-state index is 0.0173. The van der Waals surface area contributed by atoms with Crippen molar-refractivity contribution in [2.24, 2.45) is 5.73 Å². The molecule has 1 aromatic rings. The summed E-state index contributed by atoms with van der Waals surface area (Å²) in [5, 5.41) is 3.10. The molecule has 1 aliphatic rings. The number of carbonyl (C=O) groups is 1. The molecule has 0 saturated heterocycles. The van der Waals surface area contributed by atoms with Crippen LogP contribution in [-0.2, 0) is 10.2 Å². The summed E-state index contributed by atoms with van der Waals surface area (Å²) in [6, 6.07) is 7.83. The summed E-state index contributed by atoms with van der Waals surface area (Å²) >= 11 is 1.72. The number of nitrogens with one attached hydrogen (secondary N) is 1. The fourth-order valence-corrected chi connectivity index (χ4v) is 3.83. The van der Waals surface area contributed by atoms with Crippen LogP contribution in [0.5, 0.6) is 5.75 Å². The highest BCUT2D eigenvalue weighted by Gasteiger charge is 2.36. The van der Waals surface area contributed by atoms with E-state index in [-0.39, 0.29) is 11.3 Å². The number of rotatable bonds is 8. The van der Waals surface area contributed by atoms with Crippen molar-refractivity contribution in [3.8, 4) is 5.75 Å². The van der Waals surface area contributed by atoms with Gasteiger partial charge in [-0.25, -0.2) is 0 Å². The molecule has 1 atom stereocenters. The van der Waals surface area contributed by atoms with E-state index in [1.165, 1.54) is 18.4 Å². The van der Waals surface area contributed by atoms with Crippen LogP contribution in [0.1, 0.15) is 37.7 Å². The monoisotopic (exact) mass is 336 g/mol. The Morgan fingerprint density at radius 1 is 1.43 bits per heavy atom. The van der Waals surface area contributed by atoms with Gasteiger partial charge in [-0.2, -0.15) is 11.8 Å². The van der Waals surface area contributed by atoms with Crippen LogP contribution in [0.25, 0.3) is 0 Å². The van der Waals surface area contributed by atoms with E-state index in [2.05, 4.69) is 17.4 Å². The zero-order valence-corrected chi connectivity index (χ0v) is 15.0. The Bertz CT molecular complexity index is 515. The van der Waals surface area contributed by atoms with E-state index in [1.807, 2.05) is 18.4 Å². The quantitative estimate of drug-likeness (QED) is 0.766. The molecule has 128 valence electrons. The van der Waals surface area contributed by atoms with E-state index in [0.717, 1.165) is 30.8 Å². The number of methoxy groups -OCH3 is 1. The van der Waals surface area contributed by atoms with Crippen molar-refractivity contribution in [2.45, 2.75) is 43.6 Å². The lowest BCUT2D eigenvalue weighted by Crippen LogP contribution is -2.46. The Hall–Kier alpha value is -1.20. The first-order valence-electron chi connectivity index (χ1n) is 8.28. The van der Waals surface area contributed by atoms with Gasteiger partial charge in [-0.3, -0.25) is 4.79 Å². The Balaban J connectivity index is 2.05. The van der Waals surface area contributed by atoms with Gasteiger partial charge in [-0.05, 0) is 49.0 Å². The molecule has 1 saturated carbocycles. The molecule has 23 heavy (non-hydrogen) atoms. The van der Waals surface area contributed by atoms with Crippen LogP contribution >= 0.6 is 11.8 Å². The van der Waals surface area contributed by atoms with Crippen molar-refractivity contribution in [1.82, 2.24) is 5.32 Å². The molecule has 1 aliphatic carbocycles. The highest BCUT2D eigenvalue weighted by Crippen LogP contribution is 2.41. The minimum Gasteiger partial charge on any atom is -0.497 e. The van der Waals surface area contributed by atoms with Crippen molar-refractivity contribution in [3.63, 3.8) is 0 Å². The second-order valence-corrected chi connectivity index (χ2v) is 7.31. The molecular weight excluding hydrogens is 308 g/mol. The molecule has 1 aromatic carbocycles. The lowest BCUT2D eigenvalue weighted by molar-refractivity contribution is -0.122. The molecule has 4 nitrogen and oxygen atoms in total. The van der Waals surface area contributed by atoms with E-state index in [0.29, 0.717) is 6.54 Å². The molecule has 0 bridgehead atoms. The summed E-state index contributed by atoms with van der Waals surface area (Å²) in [5.41, 5.74) is 7.24. The van der Waals surface area contributed by atoms with Crippen LogP contribution in [0.4, 0.5) is 0 Å². The van der Waals surface area contributed by atoms with Gasteiger partial charge in [0.25, 0.3) is 0 Å². The molecule has 2 rings (SSSR count). The van der Waals surface area contributed by atoms with Crippen LogP contribution in [0.15, 0.2) is 24.3 Å².